The number of carbonyl (C=O) groups is 1. The summed E-state index contributed by atoms with van der Waals surface area (Å²) in [6.45, 7) is 2.69. The molecule has 1 aliphatic carbocycles. The van der Waals surface area contributed by atoms with Crippen molar-refractivity contribution in [2.75, 3.05) is 19.6 Å². The van der Waals surface area contributed by atoms with Gasteiger partial charge < -0.3 is 16.0 Å². The molecular formula is C11H18N4O. The molecule has 0 aromatic carbocycles. The van der Waals surface area contributed by atoms with Crippen LogP contribution in [0.1, 0.15) is 25.7 Å². The number of piperidine rings is 1. The van der Waals surface area contributed by atoms with Crippen LogP contribution < -0.4 is 11.1 Å². The summed E-state index contributed by atoms with van der Waals surface area (Å²) >= 11 is 0. The maximum Gasteiger partial charge on any atom is 0.346 e. The molecule has 0 aromatic rings. The molecule has 5 nitrogen and oxygen atoms in total. The maximum absolute atomic E-state index is 11.9. The second-order valence-electron chi connectivity index (χ2n) is 5.12. The Labute approximate surface area is 95.1 Å². The molecule has 3 rings (SSSR count). The Morgan fingerprint density at radius 2 is 2.12 bits per heavy atom. The first kappa shape index (κ1) is 10.1. The molecule has 5 heteroatoms. The minimum atomic E-state index is -0.259. The van der Waals surface area contributed by atoms with E-state index >= 15 is 0 Å². The molecule has 1 saturated heterocycles. The van der Waals surface area contributed by atoms with Gasteiger partial charge in [-0.15, -0.1) is 0 Å². The number of rotatable bonds is 2. The molecule has 0 unspecified atom stereocenters. The van der Waals surface area contributed by atoms with E-state index in [0.29, 0.717) is 11.8 Å². The van der Waals surface area contributed by atoms with E-state index in [-0.39, 0.29) is 11.6 Å². The fourth-order valence-electron chi connectivity index (χ4n) is 2.77. The average molecular weight is 222 g/mol. The number of urea groups is 1. The summed E-state index contributed by atoms with van der Waals surface area (Å²) in [5, 5.41) is 3.31. The lowest BCUT2D eigenvalue weighted by Crippen LogP contribution is -2.59. The number of hydrogen-bond donors (Lipinski definition) is 2. The second-order valence-corrected chi connectivity index (χ2v) is 5.12. The van der Waals surface area contributed by atoms with Crippen molar-refractivity contribution in [1.82, 2.24) is 10.2 Å². The fourth-order valence-corrected chi connectivity index (χ4v) is 2.77. The zero-order valence-electron chi connectivity index (χ0n) is 9.41. The van der Waals surface area contributed by atoms with Gasteiger partial charge in [-0.3, -0.25) is 0 Å². The number of aliphatic imine (C=N–C) groups is 1. The van der Waals surface area contributed by atoms with E-state index in [1.807, 2.05) is 4.90 Å². The zero-order valence-corrected chi connectivity index (χ0v) is 9.41. The zero-order chi connectivity index (χ0) is 11.2. The lowest BCUT2D eigenvalue weighted by Gasteiger charge is -2.41. The third-order valence-electron chi connectivity index (χ3n) is 4.01. The Kier molecular flexibility index (Phi) is 2.17. The van der Waals surface area contributed by atoms with Crippen LogP contribution in [0.5, 0.6) is 0 Å². The predicted molar refractivity (Wildman–Crippen MR) is 61.3 cm³/mol. The molecule has 2 amide bonds. The Morgan fingerprint density at radius 1 is 1.44 bits per heavy atom. The normalized spacial score (nSPS) is 28.6. The van der Waals surface area contributed by atoms with Gasteiger partial charge in [0.1, 0.15) is 11.4 Å². The van der Waals surface area contributed by atoms with Gasteiger partial charge in [0.05, 0.1) is 0 Å². The van der Waals surface area contributed by atoms with Gasteiger partial charge in [-0.25, -0.2) is 4.79 Å². The van der Waals surface area contributed by atoms with Crippen LogP contribution in [-0.2, 0) is 0 Å². The standard InChI is InChI=1S/C11H18N4O/c12-9-11(3-5-13-6-4-11)15(10(16)14-9)7-8-1-2-8/h8,13H,1-7H2,(H2,12,14,16). The van der Waals surface area contributed by atoms with Gasteiger partial charge in [0.25, 0.3) is 0 Å². The summed E-state index contributed by atoms with van der Waals surface area (Å²) in [7, 11) is 0. The number of amidine groups is 1. The van der Waals surface area contributed by atoms with Crippen LogP contribution in [0.4, 0.5) is 4.79 Å². The molecule has 0 aromatic heterocycles. The van der Waals surface area contributed by atoms with Gasteiger partial charge in [0.15, 0.2) is 0 Å². The lowest BCUT2D eigenvalue weighted by atomic mass is 9.86. The third-order valence-corrected chi connectivity index (χ3v) is 4.01. The minimum absolute atomic E-state index is 0.119. The van der Waals surface area contributed by atoms with E-state index in [2.05, 4.69) is 10.3 Å². The first-order valence-corrected chi connectivity index (χ1v) is 6.09. The van der Waals surface area contributed by atoms with Crippen molar-refractivity contribution in [2.24, 2.45) is 16.6 Å². The van der Waals surface area contributed by atoms with Gasteiger partial charge in [-0.1, -0.05) is 0 Å². The van der Waals surface area contributed by atoms with Crippen molar-refractivity contribution in [3.63, 3.8) is 0 Å². The summed E-state index contributed by atoms with van der Waals surface area (Å²) in [5.74, 6) is 1.23. The smallest absolute Gasteiger partial charge is 0.346 e. The molecule has 3 N–H and O–H groups in total. The van der Waals surface area contributed by atoms with Crippen LogP contribution in [0.2, 0.25) is 0 Å². The molecular weight excluding hydrogens is 204 g/mol. The summed E-state index contributed by atoms with van der Waals surface area (Å²) in [6.07, 6.45) is 4.30. The highest BCUT2D eigenvalue weighted by atomic mass is 16.2. The van der Waals surface area contributed by atoms with Crippen LogP contribution in [0.3, 0.4) is 0 Å². The van der Waals surface area contributed by atoms with Gasteiger partial charge in [-0.05, 0) is 44.7 Å². The number of carbonyl (C=O) groups excluding carboxylic acids is 1. The predicted octanol–water partition coefficient (Wildman–Crippen LogP) is 0.311. The molecule has 2 fully saturated rings. The highest BCUT2D eigenvalue weighted by molar-refractivity contribution is 6.05. The highest BCUT2D eigenvalue weighted by Crippen LogP contribution is 2.37. The van der Waals surface area contributed by atoms with E-state index in [1.54, 1.807) is 0 Å². The van der Waals surface area contributed by atoms with Gasteiger partial charge in [0, 0.05) is 6.54 Å². The summed E-state index contributed by atoms with van der Waals surface area (Å²) < 4.78 is 0. The first-order valence-electron chi connectivity index (χ1n) is 6.09. The van der Waals surface area contributed by atoms with Gasteiger partial charge in [-0.2, -0.15) is 4.99 Å². The largest absolute Gasteiger partial charge is 0.385 e. The number of nitrogens with two attached hydrogens (primary N) is 1. The lowest BCUT2D eigenvalue weighted by molar-refractivity contribution is 0.143. The van der Waals surface area contributed by atoms with Crippen molar-refractivity contribution >= 4 is 11.9 Å². The first-order chi connectivity index (χ1) is 7.72. The Bertz CT molecular complexity index is 342. The number of nitrogens with one attached hydrogen (secondary N) is 1. The van der Waals surface area contributed by atoms with E-state index in [9.17, 15) is 4.79 Å². The number of amides is 2. The Hall–Kier alpha value is -1.10. The molecule has 1 saturated carbocycles. The molecule has 3 aliphatic rings. The molecule has 0 bridgehead atoms. The summed E-state index contributed by atoms with van der Waals surface area (Å²) in [5.41, 5.74) is 5.72. The van der Waals surface area contributed by atoms with Crippen LogP contribution in [0.15, 0.2) is 4.99 Å². The Morgan fingerprint density at radius 3 is 2.75 bits per heavy atom. The van der Waals surface area contributed by atoms with Crippen LogP contribution in [-0.4, -0.2) is 41.9 Å². The topological polar surface area (TPSA) is 70.7 Å². The van der Waals surface area contributed by atoms with E-state index in [0.717, 1.165) is 32.5 Å². The maximum atomic E-state index is 11.9. The second kappa shape index (κ2) is 3.45. The molecule has 1 spiro atoms. The molecule has 0 atom stereocenters. The molecule has 0 radical (unpaired) electrons. The van der Waals surface area contributed by atoms with Crippen molar-refractivity contribution in [2.45, 2.75) is 31.2 Å². The van der Waals surface area contributed by atoms with Gasteiger partial charge >= 0.3 is 6.03 Å². The fraction of sp³-hybridized carbons (Fsp3) is 0.818. The van der Waals surface area contributed by atoms with E-state index in [4.69, 9.17) is 5.73 Å². The van der Waals surface area contributed by atoms with Crippen molar-refractivity contribution in [3.05, 3.63) is 0 Å². The van der Waals surface area contributed by atoms with Crippen molar-refractivity contribution < 1.29 is 4.79 Å². The Balaban J connectivity index is 1.85. The van der Waals surface area contributed by atoms with E-state index < -0.39 is 0 Å². The molecule has 2 aliphatic heterocycles. The van der Waals surface area contributed by atoms with Crippen molar-refractivity contribution in [1.29, 1.82) is 0 Å². The van der Waals surface area contributed by atoms with Gasteiger partial charge in [0.2, 0.25) is 0 Å². The van der Waals surface area contributed by atoms with Crippen LogP contribution in [0.25, 0.3) is 0 Å². The quantitative estimate of drug-likeness (QED) is 0.706. The molecule has 2 heterocycles. The number of nitrogens with zero attached hydrogens (tertiary/aromatic N) is 2. The summed E-state index contributed by atoms with van der Waals surface area (Å²) in [6, 6.07) is -0.119. The van der Waals surface area contributed by atoms with E-state index in [1.165, 1.54) is 12.8 Å². The third kappa shape index (κ3) is 1.42. The monoisotopic (exact) mass is 222 g/mol. The number of hydrogen-bond acceptors (Lipinski definition) is 3. The molecule has 88 valence electrons. The minimum Gasteiger partial charge on any atom is -0.385 e. The van der Waals surface area contributed by atoms with Crippen LogP contribution in [0, 0.1) is 5.92 Å². The SMILES string of the molecule is NC1=NC(=O)N(CC2CC2)C12CCNCC2. The summed E-state index contributed by atoms with van der Waals surface area (Å²) in [4.78, 5) is 17.8. The molecule has 16 heavy (non-hydrogen) atoms. The van der Waals surface area contributed by atoms with Crippen LogP contribution >= 0.6 is 0 Å². The average Bonchev–Trinajstić information content (AvgIpc) is 3.06. The highest BCUT2D eigenvalue weighted by Gasteiger charge is 2.49. The van der Waals surface area contributed by atoms with Crippen molar-refractivity contribution in [3.8, 4) is 0 Å².